The third-order valence-corrected chi connectivity index (χ3v) is 4.00. The molecule has 0 unspecified atom stereocenters. The van der Waals surface area contributed by atoms with Gasteiger partial charge < -0.3 is 14.6 Å². The molecule has 2 aromatic rings. The van der Waals surface area contributed by atoms with Crippen molar-refractivity contribution in [2.45, 2.75) is 12.2 Å². The molecule has 3 rings (SSSR count). The van der Waals surface area contributed by atoms with Crippen LogP contribution in [-0.4, -0.2) is 33.4 Å². The van der Waals surface area contributed by atoms with Gasteiger partial charge in [-0.2, -0.15) is 0 Å². The number of benzene rings is 2. The first-order chi connectivity index (χ1) is 10.9. The molecule has 2 aromatic carbocycles. The zero-order valence-corrected chi connectivity index (χ0v) is 12.8. The van der Waals surface area contributed by atoms with Crippen LogP contribution in [0.25, 0.3) is 0 Å². The minimum Gasteiger partial charge on any atom is -0.410 e. The van der Waals surface area contributed by atoms with Crippen LogP contribution in [0, 0.1) is 0 Å². The Kier molecular flexibility index (Phi) is 5.65. The third-order valence-electron chi connectivity index (χ3n) is 4.00. The van der Waals surface area contributed by atoms with Crippen molar-refractivity contribution in [1.29, 1.82) is 0 Å². The van der Waals surface area contributed by atoms with E-state index in [0.717, 1.165) is 19.4 Å². The lowest BCUT2D eigenvalue weighted by molar-refractivity contribution is 0.176. The molecule has 0 aromatic heterocycles. The molecule has 3 nitrogen and oxygen atoms in total. The molecular weight excluding hydrogens is 273 g/mol. The van der Waals surface area contributed by atoms with Gasteiger partial charge in [0, 0.05) is 32.2 Å². The molecule has 0 spiro atoms. The predicted octanol–water partition coefficient (Wildman–Crippen LogP) is 2.94. The summed E-state index contributed by atoms with van der Waals surface area (Å²) in [4.78, 5) is 0. The SMILES string of the molecule is c1ccc(C(CB2OCCNCCO2)c2ccccc2)cc1. The lowest BCUT2D eigenvalue weighted by atomic mass is 9.72. The molecule has 1 aliphatic heterocycles. The van der Waals surface area contributed by atoms with Gasteiger partial charge in [0.05, 0.1) is 0 Å². The van der Waals surface area contributed by atoms with Gasteiger partial charge in [-0.1, -0.05) is 60.7 Å². The summed E-state index contributed by atoms with van der Waals surface area (Å²) in [6, 6.07) is 21.2. The topological polar surface area (TPSA) is 30.5 Å². The Labute approximate surface area is 132 Å². The van der Waals surface area contributed by atoms with Crippen molar-refractivity contribution in [2.24, 2.45) is 0 Å². The first-order valence-corrected chi connectivity index (χ1v) is 7.97. The van der Waals surface area contributed by atoms with Gasteiger partial charge in [0.15, 0.2) is 0 Å². The fourth-order valence-electron chi connectivity index (χ4n) is 2.86. The summed E-state index contributed by atoms with van der Waals surface area (Å²) in [6.45, 7) is 3.17. The van der Waals surface area contributed by atoms with Crippen LogP contribution in [0.3, 0.4) is 0 Å². The summed E-state index contributed by atoms with van der Waals surface area (Å²) >= 11 is 0. The van der Waals surface area contributed by atoms with Crippen molar-refractivity contribution >= 4 is 7.12 Å². The van der Waals surface area contributed by atoms with Gasteiger partial charge in [-0.3, -0.25) is 0 Å². The van der Waals surface area contributed by atoms with E-state index in [0.29, 0.717) is 19.1 Å². The van der Waals surface area contributed by atoms with Crippen LogP contribution in [0.4, 0.5) is 0 Å². The van der Waals surface area contributed by atoms with Crippen molar-refractivity contribution in [2.75, 3.05) is 26.3 Å². The van der Waals surface area contributed by atoms with E-state index >= 15 is 0 Å². The van der Waals surface area contributed by atoms with E-state index in [-0.39, 0.29) is 7.12 Å². The molecule has 0 atom stereocenters. The minimum absolute atomic E-state index is 0.146. The van der Waals surface area contributed by atoms with Gasteiger partial charge in [-0.15, -0.1) is 0 Å². The van der Waals surface area contributed by atoms with Crippen molar-refractivity contribution in [3.8, 4) is 0 Å². The fraction of sp³-hybridized carbons (Fsp3) is 0.333. The largest absolute Gasteiger partial charge is 0.457 e. The maximum atomic E-state index is 5.87. The average molecular weight is 295 g/mol. The molecule has 22 heavy (non-hydrogen) atoms. The Balaban J connectivity index is 1.79. The first-order valence-electron chi connectivity index (χ1n) is 7.97. The second-order valence-corrected chi connectivity index (χ2v) is 5.53. The van der Waals surface area contributed by atoms with Crippen molar-refractivity contribution in [3.63, 3.8) is 0 Å². The average Bonchev–Trinajstić information content (AvgIpc) is 2.56. The third kappa shape index (κ3) is 4.20. The van der Waals surface area contributed by atoms with Crippen LogP contribution in [0.2, 0.25) is 6.32 Å². The number of hydrogen-bond acceptors (Lipinski definition) is 3. The Morgan fingerprint density at radius 1 is 0.818 bits per heavy atom. The van der Waals surface area contributed by atoms with E-state index in [1.807, 2.05) is 0 Å². The zero-order valence-electron chi connectivity index (χ0n) is 12.8. The molecule has 0 saturated carbocycles. The molecule has 1 N–H and O–H groups in total. The monoisotopic (exact) mass is 295 g/mol. The Morgan fingerprint density at radius 3 is 1.82 bits per heavy atom. The van der Waals surface area contributed by atoms with Crippen LogP contribution in [-0.2, 0) is 9.31 Å². The van der Waals surface area contributed by atoms with Gasteiger partial charge in [-0.25, -0.2) is 0 Å². The van der Waals surface area contributed by atoms with E-state index < -0.39 is 0 Å². The maximum Gasteiger partial charge on any atom is 0.457 e. The second-order valence-electron chi connectivity index (χ2n) is 5.53. The normalized spacial score (nSPS) is 16.3. The number of hydrogen-bond donors (Lipinski definition) is 1. The summed E-state index contributed by atoms with van der Waals surface area (Å²) < 4.78 is 11.7. The summed E-state index contributed by atoms with van der Waals surface area (Å²) in [6.07, 6.45) is 0.841. The molecule has 0 radical (unpaired) electrons. The van der Waals surface area contributed by atoms with Crippen LogP contribution in [0.5, 0.6) is 0 Å². The lowest BCUT2D eigenvalue weighted by Crippen LogP contribution is -2.36. The second kappa shape index (κ2) is 8.13. The molecular formula is C18H22BNO2. The highest BCUT2D eigenvalue weighted by atomic mass is 16.6. The Hall–Kier alpha value is -1.62. The molecule has 0 amide bonds. The van der Waals surface area contributed by atoms with Crippen molar-refractivity contribution < 1.29 is 9.31 Å². The van der Waals surface area contributed by atoms with Crippen LogP contribution in [0.15, 0.2) is 60.7 Å². The minimum atomic E-state index is -0.146. The smallest absolute Gasteiger partial charge is 0.410 e. The predicted molar refractivity (Wildman–Crippen MR) is 90.1 cm³/mol. The zero-order chi connectivity index (χ0) is 15.0. The van der Waals surface area contributed by atoms with Crippen molar-refractivity contribution in [1.82, 2.24) is 5.32 Å². The molecule has 0 aliphatic carbocycles. The highest BCUT2D eigenvalue weighted by Gasteiger charge is 2.26. The molecule has 1 saturated heterocycles. The maximum absolute atomic E-state index is 5.87. The van der Waals surface area contributed by atoms with Gasteiger partial charge in [-0.05, 0) is 17.4 Å². The van der Waals surface area contributed by atoms with E-state index in [1.165, 1.54) is 11.1 Å². The molecule has 114 valence electrons. The quantitative estimate of drug-likeness (QED) is 0.880. The lowest BCUT2D eigenvalue weighted by Gasteiger charge is -2.24. The van der Waals surface area contributed by atoms with Crippen LogP contribution < -0.4 is 5.32 Å². The summed E-state index contributed by atoms with van der Waals surface area (Å²) in [7, 11) is -0.146. The van der Waals surface area contributed by atoms with Gasteiger partial charge in [0.1, 0.15) is 0 Å². The molecule has 1 heterocycles. The van der Waals surface area contributed by atoms with E-state index in [4.69, 9.17) is 9.31 Å². The van der Waals surface area contributed by atoms with Gasteiger partial charge in [0.2, 0.25) is 0 Å². The molecule has 4 heteroatoms. The van der Waals surface area contributed by atoms with E-state index in [1.54, 1.807) is 0 Å². The summed E-state index contributed by atoms with van der Waals surface area (Å²) in [5, 5.41) is 3.27. The molecule has 1 aliphatic rings. The van der Waals surface area contributed by atoms with Crippen LogP contribution >= 0.6 is 0 Å². The van der Waals surface area contributed by atoms with Gasteiger partial charge >= 0.3 is 7.12 Å². The fourth-order valence-corrected chi connectivity index (χ4v) is 2.86. The molecule has 0 bridgehead atoms. The van der Waals surface area contributed by atoms with Gasteiger partial charge in [0.25, 0.3) is 0 Å². The number of rotatable bonds is 4. The summed E-state index contributed by atoms with van der Waals surface area (Å²) in [5.41, 5.74) is 2.61. The standard InChI is InChI=1S/C18H22BNO2/c1-3-7-16(8-4-1)18(17-9-5-2-6-10-17)15-19-21-13-11-20-12-14-22-19/h1-10,18,20H,11-15H2. The molecule has 1 fully saturated rings. The van der Waals surface area contributed by atoms with E-state index in [9.17, 15) is 0 Å². The summed E-state index contributed by atoms with van der Waals surface area (Å²) in [5.74, 6) is 0.291. The first kappa shape index (κ1) is 15.3. The van der Waals surface area contributed by atoms with Crippen LogP contribution in [0.1, 0.15) is 17.0 Å². The number of nitrogens with one attached hydrogen (secondary N) is 1. The highest BCUT2D eigenvalue weighted by Crippen LogP contribution is 2.30. The Bertz CT molecular complexity index is 502. The van der Waals surface area contributed by atoms with E-state index in [2.05, 4.69) is 66.0 Å². The Morgan fingerprint density at radius 2 is 1.32 bits per heavy atom. The highest BCUT2D eigenvalue weighted by molar-refractivity contribution is 6.44. The van der Waals surface area contributed by atoms with Crippen molar-refractivity contribution in [3.05, 3.63) is 71.8 Å².